The molecule has 0 aromatic carbocycles. The molecule has 1 aromatic heterocycles. The smallest absolute Gasteiger partial charge is 0.244 e. The van der Waals surface area contributed by atoms with Crippen LogP contribution in [-0.2, 0) is 11.3 Å². The van der Waals surface area contributed by atoms with Gasteiger partial charge in [0.1, 0.15) is 19.2 Å². The highest BCUT2D eigenvalue weighted by molar-refractivity contribution is 5.76. The monoisotopic (exact) mass is 264 g/mol. The minimum Gasteiger partial charge on any atom is -0.389 e. The molecule has 2 atom stereocenters. The zero-order valence-electron chi connectivity index (χ0n) is 11.0. The zero-order valence-corrected chi connectivity index (χ0v) is 11.0. The van der Waals surface area contributed by atoms with Gasteiger partial charge >= 0.3 is 0 Å². The Morgan fingerprint density at radius 2 is 2.32 bits per heavy atom. The number of hydrogen-bond donors (Lipinski definition) is 1. The van der Waals surface area contributed by atoms with Crippen LogP contribution in [0.15, 0.2) is 12.7 Å². The molecule has 2 fully saturated rings. The Kier molecular flexibility index (Phi) is 3.26. The Balaban J connectivity index is 1.62. The Hall–Kier alpha value is -1.43. The molecule has 1 aliphatic heterocycles. The molecule has 19 heavy (non-hydrogen) atoms. The number of fused-ring (bicyclic) bond motifs is 1. The molecule has 2 aliphatic rings. The van der Waals surface area contributed by atoms with E-state index in [-0.39, 0.29) is 18.4 Å². The van der Waals surface area contributed by atoms with E-state index in [0.717, 1.165) is 25.7 Å². The third-order valence-corrected chi connectivity index (χ3v) is 4.54. The van der Waals surface area contributed by atoms with Crippen molar-refractivity contribution in [3.63, 3.8) is 0 Å². The quantitative estimate of drug-likeness (QED) is 0.841. The number of nitrogens with zero attached hydrogens (tertiary/aromatic N) is 4. The Labute approximate surface area is 112 Å². The summed E-state index contributed by atoms with van der Waals surface area (Å²) in [6.45, 7) is 1.58. The zero-order chi connectivity index (χ0) is 13.3. The van der Waals surface area contributed by atoms with E-state index in [9.17, 15) is 9.90 Å². The Morgan fingerprint density at radius 3 is 3.11 bits per heavy atom. The molecule has 1 N–H and O–H groups in total. The SMILES string of the molecule is O=C(Cn1cncn1)N1CCC2(O)CCCCC2C1. The summed E-state index contributed by atoms with van der Waals surface area (Å²) >= 11 is 0. The molecule has 3 rings (SSSR count). The third-order valence-electron chi connectivity index (χ3n) is 4.54. The molecule has 0 spiro atoms. The van der Waals surface area contributed by atoms with Crippen LogP contribution in [-0.4, -0.2) is 49.4 Å². The van der Waals surface area contributed by atoms with Crippen LogP contribution in [0.5, 0.6) is 0 Å². The topological polar surface area (TPSA) is 71.2 Å². The first-order valence-corrected chi connectivity index (χ1v) is 7.00. The first-order valence-electron chi connectivity index (χ1n) is 7.00. The van der Waals surface area contributed by atoms with E-state index >= 15 is 0 Å². The van der Waals surface area contributed by atoms with E-state index in [1.165, 1.54) is 6.33 Å². The molecular formula is C13H20N4O2. The van der Waals surface area contributed by atoms with Crippen molar-refractivity contribution in [3.05, 3.63) is 12.7 Å². The lowest BCUT2D eigenvalue weighted by Crippen LogP contribution is -2.55. The van der Waals surface area contributed by atoms with Crippen molar-refractivity contribution in [3.8, 4) is 0 Å². The number of hydrogen-bond acceptors (Lipinski definition) is 4. The van der Waals surface area contributed by atoms with Crippen LogP contribution >= 0.6 is 0 Å². The second-order valence-electron chi connectivity index (χ2n) is 5.73. The number of carbonyl (C=O) groups excluding carboxylic acids is 1. The predicted octanol–water partition coefficient (Wildman–Crippen LogP) is 0.432. The van der Waals surface area contributed by atoms with Gasteiger partial charge in [-0.1, -0.05) is 12.8 Å². The fourth-order valence-corrected chi connectivity index (χ4v) is 3.35. The minimum atomic E-state index is -0.526. The van der Waals surface area contributed by atoms with Gasteiger partial charge in [0.25, 0.3) is 0 Å². The maximum absolute atomic E-state index is 12.2. The lowest BCUT2D eigenvalue weighted by atomic mass is 9.71. The largest absolute Gasteiger partial charge is 0.389 e. The standard InChI is InChI=1S/C13H20N4O2/c18-12(8-17-10-14-9-15-17)16-6-5-13(19)4-2-1-3-11(13)7-16/h9-11,19H,1-8H2. The molecule has 104 valence electrons. The summed E-state index contributed by atoms with van der Waals surface area (Å²) in [6, 6.07) is 0. The molecule has 1 saturated carbocycles. The molecule has 2 heterocycles. The van der Waals surface area contributed by atoms with Crippen molar-refractivity contribution < 1.29 is 9.90 Å². The number of carbonyl (C=O) groups is 1. The second kappa shape index (κ2) is 4.92. The molecule has 2 unspecified atom stereocenters. The fourth-order valence-electron chi connectivity index (χ4n) is 3.35. The van der Waals surface area contributed by atoms with E-state index < -0.39 is 5.60 Å². The van der Waals surface area contributed by atoms with Crippen molar-refractivity contribution in [2.75, 3.05) is 13.1 Å². The molecular weight excluding hydrogens is 244 g/mol. The third kappa shape index (κ3) is 2.49. The summed E-state index contributed by atoms with van der Waals surface area (Å²) < 4.78 is 1.55. The lowest BCUT2D eigenvalue weighted by Gasteiger charge is -2.47. The van der Waals surface area contributed by atoms with E-state index in [1.54, 1.807) is 11.0 Å². The highest BCUT2D eigenvalue weighted by Gasteiger charge is 2.43. The number of amides is 1. The van der Waals surface area contributed by atoms with Gasteiger partial charge in [0.2, 0.25) is 5.91 Å². The molecule has 1 aliphatic carbocycles. The summed E-state index contributed by atoms with van der Waals surface area (Å²) in [5, 5.41) is 14.5. The van der Waals surface area contributed by atoms with Gasteiger partial charge in [-0.3, -0.25) is 4.79 Å². The molecule has 1 saturated heterocycles. The van der Waals surface area contributed by atoms with Gasteiger partial charge in [0.15, 0.2) is 0 Å². The average Bonchev–Trinajstić information content (AvgIpc) is 2.90. The summed E-state index contributed by atoms with van der Waals surface area (Å²) in [6.07, 6.45) is 7.90. The number of piperidine rings is 1. The van der Waals surface area contributed by atoms with Gasteiger partial charge in [0, 0.05) is 19.0 Å². The van der Waals surface area contributed by atoms with Crippen LogP contribution in [0, 0.1) is 5.92 Å². The van der Waals surface area contributed by atoms with Crippen LogP contribution in [0.25, 0.3) is 0 Å². The van der Waals surface area contributed by atoms with E-state index in [2.05, 4.69) is 10.1 Å². The van der Waals surface area contributed by atoms with E-state index in [0.29, 0.717) is 19.5 Å². The van der Waals surface area contributed by atoms with Crippen molar-refractivity contribution in [2.45, 2.75) is 44.2 Å². The van der Waals surface area contributed by atoms with Crippen molar-refractivity contribution in [1.82, 2.24) is 19.7 Å². The van der Waals surface area contributed by atoms with Gasteiger partial charge < -0.3 is 10.0 Å². The summed E-state index contributed by atoms with van der Waals surface area (Å²) in [5.41, 5.74) is -0.526. The fraction of sp³-hybridized carbons (Fsp3) is 0.769. The second-order valence-corrected chi connectivity index (χ2v) is 5.73. The van der Waals surface area contributed by atoms with Crippen LogP contribution in [0.4, 0.5) is 0 Å². The summed E-state index contributed by atoms with van der Waals surface area (Å²) in [4.78, 5) is 17.9. The normalized spacial score (nSPS) is 31.0. The lowest BCUT2D eigenvalue weighted by molar-refractivity contribution is -0.144. The maximum Gasteiger partial charge on any atom is 0.244 e. The number of aliphatic hydroxyl groups is 1. The van der Waals surface area contributed by atoms with Gasteiger partial charge in [0.05, 0.1) is 5.60 Å². The minimum absolute atomic E-state index is 0.0677. The first kappa shape index (κ1) is 12.6. The van der Waals surface area contributed by atoms with Gasteiger partial charge in [-0.25, -0.2) is 9.67 Å². The Morgan fingerprint density at radius 1 is 1.42 bits per heavy atom. The molecule has 6 nitrogen and oxygen atoms in total. The predicted molar refractivity (Wildman–Crippen MR) is 68.1 cm³/mol. The van der Waals surface area contributed by atoms with Gasteiger partial charge in [-0.2, -0.15) is 5.10 Å². The van der Waals surface area contributed by atoms with Crippen molar-refractivity contribution in [1.29, 1.82) is 0 Å². The van der Waals surface area contributed by atoms with Crippen LogP contribution in [0.1, 0.15) is 32.1 Å². The number of aromatic nitrogens is 3. The Bertz CT molecular complexity index is 448. The molecule has 0 radical (unpaired) electrons. The number of likely N-dealkylation sites (tertiary alicyclic amines) is 1. The van der Waals surface area contributed by atoms with E-state index in [4.69, 9.17) is 0 Å². The molecule has 0 bridgehead atoms. The highest BCUT2D eigenvalue weighted by Crippen LogP contribution is 2.39. The van der Waals surface area contributed by atoms with Crippen LogP contribution in [0.3, 0.4) is 0 Å². The average molecular weight is 264 g/mol. The molecule has 1 aromatic rings. The summed E-state index contributed by atoms with van der Waals surface area (Å²) in [5.74, 6) is 0.313. The molecule has 1 amide bonds. The first-order chi connectivity index (χ1) is 9.17. The molecule has 6 heteroatoms. The van der Waals surface area contributed by atoms with Crippen molar-refractivity contribution >= 4 is 5.91 Å². The van der Waals surface area contributed by atoms with Crippen LogP contribution in [0.2, 0.25) is 0 Å². The summed E-state index contributed by atoms with van der Waals surface area (Å²) in [7, 11) is 0. The van der Waals surface area contributed by atoms with Gasteiger partial charge in [-0.15, -0.1) is 0 Å². The number of rotatable bonds is 2. The highest BCUT2D eigenvalue weighted by atomic mass is 16.3. The van der Waals surface area contributed by atoms with E-state index in [1.807, 2.05) is 4.90 Å². The van der Waals surface area contributed by atoms with Crippen molar-refractivity contribution in [2.24, 2.45) is 5.92 Å². The maximum atomic E-state index is 12.2. The van der Waals surface area contributed by atoms with Gasteiger partial charge in [-0.05, 0) is 19.3 Å². The van der Waals surface area contributed by atoms with Crippen LogP contribution < -0.4 is 0 Å².